The maximum absolute atomic E-state index is 14.8. The number of aromatic nitrogens is 1. The molecule has 2 rings (SSSR count). The molecule has 5 nitrogen and oxygen atoms in total. The second-order valence-electron chi connectivity index (χ2n) is 6.90. The van der Waals surface area contributed by atoms with E-state index in [9.17, 15) is 14.4 Å². The molecule has 1 fully saturated rings. The van der Waals surface area contributed by atoms with Gasteiger partial charge in [0.1, 0.15) is 11.2 Å². The van der Waals surface area contributed by atoms with Crippen LogP contribution in [-0.4, -0.2) is 22.1 Å². The molecule has 124 valence electrons. The van der Waals surface area contributed by atoms with E-state index in [1.54, 1.807) is 0 Å². The molecule has 0 bridgehead atoms. The van der Waals surface area contributed by atoms with Gasteiger partial charge in [-0.25, -0.2) is 9.37 Å². The maximum atomic E-state index is 14.8. The number of carbonyl (C=O) groups is 1. The van der Waals surface area contributed by atoms with E-state index in [1.807, 2.05) is 26.8 Å². The molecule has 0 radical (unpaired) electrons. The molecule has 0 spiro atoms. The zero-order chi connectivity index (χ0) is 17.4. The summed E-state index contributed by atoms with van der Waals surface area (Å²) in [5, 5.41) is 21.1. The molecule has 7 heteroatoms. The Balaban J connectivity index is 2.43. The fourth-order valence-corrected chi connectivity index (χ4v) is 2.65. The maximum Gasteiger partial charge on any atom is 0.305 e. The highest BCUT2D eigenvalue weighted by Gasteiger charge is 2.34. The summed E-state index contributed by atoms with van der Waals surface area (Å²) < 4.78 is 14.8. The number of hydrogen-bond donors (Lipinski definition) is 2. The molecule has 1 aromatic rings. The fourth-order valence-electron chi connectivity index (χ4n) is 2.42. The Morgan fingerprint density at radius 3 is 2.61 bits per heavy atom. The highest BCUT2D eigenvalue weighted by atomic mass is 35.5. The number of nitrogens with zero attached hydrogens (tertiary/aromatic N) is 2. The van der Waals surface area contributed by atoms with Crippen LogP contribution in [0.25, 0.3) is 0 Å². The van der Waals surface area contributed by atoms with Crippen molar-refractivity contribution < 1.29 is 14.3 Å². The standard InChI is InChI=1S/C16H19ClFN3O2/c1-16(2,3)10(6-11(22)23)20-15-13(18)12(8-4-5-8)9(7-19)14(17)21-15/h8,10H,4-6H2,1-3H3,(H,20,21)(H,22,23). The van der Waals surface area contributed by atoms with Gasteiger partial charge in [-0.15, -0.1) is 0 Å². The van der Waals surface area contributed by atoms with Gasteiger partial charge >= 0.3 is 5.97 Å². The summed E-state index contributed by atoms with van der Waals surface area (Å²) in [6.45, 7) is 5.58. The molecule has 23 heavy (non-hydrogen) atoms. The third-order valence-electron chi connectivity index (χ3n) is 3.96. The first kappa shape index (κ1) is 17.5. The van der Waals surface area contributed by atoms with Crippen LogP contribution in [-0.2, 0) is 4.79 Å². The molecule has 1 atom stereocenters. The lowest BCUT2D eigenvalue weighted by Crippen LogP contribution is -2.36. The summed E-state index contributed by atoms with van der Waals surface area (Å²) in [6.07, 6.45) is 1.44. The van der Waals surface area contributed by atoms with Crippen molar-refractivity contribution in [2.75, 3.05) is 5.32 Å². The lowest BCUT2D eigenvalue weighted by atomic mass is 9.84. The van der Waals surface area contributed by atoms with Crippen LogP contribution in [0, 0.1) is 22.6 Å². The molecule has 0 amide bonds. The van der Waals surface area contributed by atoms with E-state index in [-0.39, 0.29) is 34.4 Å². The molecular weight excluding hydrogens is 321 g/mol. The van der Waals surface area contributed by atoms with Crippen LogP contribution < -0.4 is 5.32 Å². The minimum atomic E-state index is -0.986. The summed E-state index contributed by atoms with van der Waals surface area (Å²) in [4.78, 5) is 15.0. The molecule has 0 saturated heterocycles. The average molecular weight is 340 g/mol. The number of anilines is 1. The van der Waals surface area contributed by atoms with Crippen LogP contribution >= 0.6 is 11.6 Å². The van der Waals surface area contributed by atoms with Gasteiger partial charge in [-0.1, -0.05) is 32.4 Å². The zero-order valence-corrected chi connectivity index (χ0v) is 14.0. The molecule has 0 aliphatic heterocycles. The Morgan fingerprint density at radius 1 is 1.57 bits per heavy atom. The van der Waals surface area contributed by atoms with Gasteiger partial charge in [0.2, 0.25) is 0 Å². The first-order valence-corrected chi connectivity index (χ1v) is 7.80. The highest BCUT2D eigenvalue weighted by molar-refractivity contribution is 6.30. The first-order valence-electron chi connectivity index (χ1n) is 7.42. The van der Waals surface area contributed by atoms with Crippen LogP contribution in [0.2, 0.25) is 5.15 Å². The number of halogens is 2. The third kappa shape index (κ3) is 3.91. The number of nitriles is 1. The molecule has 1 saturated carbocycles. The van der Waals surface area contributed by atoms with Crippen molar-refractivity contribution >= 4 is 23.4 Å². The Bertz CT molecular complexity index is 675. The van der Waals surface area contributed by atoms with Crippen LogP contribution in [0.4, 0.5) is 10.2 Å². The van der Waals surface area contributed by atoms with Crippen LogP contribution in [0.15, 0.2) is 0 Å². The first-order chi connectivity index (χ1) is 10.6. The molecule has 1 aliphatic rings. The second-order valence-corrected chi connectivity index (χ2v) is 7.26. The molecular formula is C16H19ClFN3O2. The lowest BCUT2D eigenvalue weighted by Gasteiger charge is -2.31. The number of pyridine rings is 1. The quantitative estimate of drug-likeness (QED) is 0.794. The number of hydrogen-bond acceptors (Lipinski definition) is 4. The van der Waals surface area contributed by atoms with E-state index in [1.165, 1.54) is 0 Å². The summed E-state index contributed by atoms with van der Waals surface area (Å²) in [5.41, 5.74) is -0.0622. The summed E-state index contributed by atoms with van der Waals surface area (Å²) >= 11 is 6.03. The summed E-state index contributed by atoms with van der Waals surface area (Å²) in [6, 6.07) is 1.38. The van der Waals surface area contributed by atoms with Gasteiger partial charge in [-0.05, 0) is 24.2 Å². The van der Waals surface area contributed by atoms with Crippen molar-refractivity contribution in [3.8, 4) is 6.07 Å². The second kappa shape index (κ2) is 6.32. The van der Waals surface area contributed by atoms with Crippen molar-refractivity contribution in [2.45, 2.75) is 52.0 Å². The number of nitrogens with one attached hydrogen (secondary N) is 1. The SMILES string of the molecule is CC(C)(C)C(CC(=O)O)Nc1nc(Cl)c(C#N)c(C2CC2)c1F. The zero-order valence-electron chi connectivity index (χ0n) is 13.3. The number of carboxylic acid groups (broad SMARTS) is 1. The monoisotopic (exact) mass is 339 g/mol. The van der Waals surface area contributed by atoms with E-state index in [0.29, 0.717) is 0 Å². The van der Waals surface area contributed by atoms with E-state index in [4.69, 9.17) is 16.7 Å². The van der Waals surface area contributed by atoms with E-state index in [2.05, 4.69) is 10.3 Å². The molecule has 1 aromatic heterocycles. The van der Waals surface area contributed by atoms with Gasteiger partial charge < -0.3 is 10.4 Å². The normalized spacial score (nSPS) is 15.8. The molecule has 1 heterocycles. The van der Waals surface area contributed by atoms with E-state index < -0.39 is 23.2 Å². The Labute approximate surface area is 139 Å². The van der Waals surface area contributed by atoms with Crippen LogP contribution in [0.3, 0.4) is 0 Å². The molecule has 2 N–H and O–H groups in total. The Kier molecular flexibility index (Phi) is 4.81. The summed E-state index contributed by atoms with van der Waals surface area (Å²) in [7, 11) is 0. The van der Waals surface area contributed by atoms with Crippen LogP contribution in [0.1, 0.15) is 57.1 Å². The van der Waals surface area contributed by atoms with Crippen LogP contribution in [0.5, 0.6) is 0 Å². The number of aliphatic carboxylic acids is 1. The smallest absolute Gasteiger partial charge is 0.305 e. The van der Waals surface area contributed by atoms with Gasteiger partial charge in [-0.2, -0.15) is 5.26 Å². The molecule has 1 aliphatic carbocycles. The van der Waals surface area contributed by atoms with E-state index >= 15 is 0 Å². The van der Waals surface area contributed by atoms with Gasteiger partial charge in [0.05, 0.1) is 12.0 Å². The fraction of sp³-hybridized carbons (Fsp3) is 0.562. The number of rotatable bonds is 5. The van der Waals surface area contributed by atoms with Crippen molar-refractivity contribution in [3.05, 3.63) is 22.1 Å². The third-order valence-corrected chi connectivity index (χ3v) is 4.24. The highest BCUT2D eigenvalue weighted by Crippen LogP contribution is 2.45. The van der Waals surface area contributed by atoms with E-state index in [0.717, 1.165) is 12.8 Å². The average Bonchev–Trinajstić information content (AvgIpc) is 3.23. The Morgan fingerprint density at radius 2 is 2.17 bits per heavy atom. The van der Waals surface area contributed by atoms with Crippen molar-refractivity contribution in [2.24, 2.45) is 5.41 Å². The minimum Gasteiger partial charge on any atom is -0.481 e. The van der Waals surface area contributed by atoms with Gasteiger partial charge in [0.25, 0.3) is 0 Å². The predicted octanol–water partition coefficient (Wildman–Crippen LogP) is 3.92. The molecule has 1 unspecified atom stereocenters. The lowest BCUT2D eigenvalue weighted by molar-refractivity contribution is -0.137. The van der Waals surface area contributed by atoms with Crippen molar-refractivity contribution in [3.63, 3.8) is 0 Å². The van der Waals surface area contributed by atoms with Gasteiger partial charge in [0.15, 0.2) is 11.6 Å². The minimum absolute atomic E-state index is 0.0155. The summed E-state index contributed by atoms with van der Waals surface area (Å²) in [5.74, 6) is -1.69. The topological polar surface area (TPSA) is 86.0 Å². The molecule has 0 aromatic carbocycles. The largest absolute Gasteiger partial charge is 0.481 e. The Hall–Kier alpha value is -1.87. The van der Waals surface area contributed by atoms with Gasteiger partial charge in [0, 0.05) is 11.6 Å². The number of carboxylic acids is 1. The van der Waals surface area contributed by atoms with Crippen molar-refractivity contribution in [1.29, 1.82) is 5.26 Å². The predicted molar refractivity (Wildman–Crippen MR) is 85.0 cm³/mol. The van der Waals surface area contributed by atoms with Crippen molar-refractivity contribution in [1.82, 2.24) is 4.98 Å². The van der Waals surface area contributed by atoms with Gasteiger partial charge in [-0.3, -0.25) is 4.79 Å².